The Morgan fingerprint density at radius 3 is 2.21 bits per heavy atom. The number of benzene rings is 3. The van der Waals surface area contributed by atoms with E-state index in [4.69, 9.17) is 18.6 Å². The smallest absolute Gasteiger partial charge is 0.297 e. The third-order valence-corrected chi connectivity index (χ3v) is 7.29. The highest BCUT2D eigenvalue weighted by Crippen LogP contribution is 2.16. The molecule has 204 valence electrons. The number of aryl methyl sites for hydroxylation is 1. The molecular weight excluding hydrogens is 514 g/mol. The van der Waals surface area contributed by atoms with Crippen molar-refractivity contribution in [1.29, 1.82) is 0 Å². The van der Waals surface area contributed by atoms with Crippen LogP contribution in [-0.2, 0) is 30.3 Å². The van der Waals surface area contributed by atoms with Crippen molar-refractivity contribution in [3.05, 3.63) is 89.7 Å². The van der Waals surface area contributed by atoms with Crippen molar-refractivity contribution in [2.24, 2.45) is 0 Å². The number of aromatic nitrogens is 2. The highest BCUT2D eigenvalue weighted by molar-refractivity contribution is 7.86. The molecule has 1 heterocycles. The quantitative estimate of drug-likeness (QED) is 0.149. The van der Waals surface area contributed by atoms with Gasteiger partial charge in [0.25, 0.3) is 10.1 Å². The van der Waals surface area contributed by atoms with Gasteiger partial charge in [-0.15, -0.1) is 0 Å². The fourth-order valence-corrected chi connectivity index (χ4v) is 4.71. The molecule has 39 heavy (non-hydrogen) atoms. The maximum atomic E-state index is 12.2. The van der Waals surface area contributed by atoms with Crippen LogP contribution in [0.3, 0.4) is 0 Å². The Kier molecular flexibility index (Phi) is 9.74. The van der Waals surface area contributed by atoms with Gasteiger partial charge < -0.3 is 18.9 Å². The summed E-state index contributed by atoms with van der Waals surface area (Å²) in [6.45, 7) is 3.72. The number of anilines is 1. The van der Waals surface area contributed by atoms with E-state index in [1.165, 1.54) is 12.1 Å². The molecule has 0 aliphatic rings. The molecule has 0 atom stereocenters. The van der Waals surface area contributed by atoms with Gasteiger partial charge >= 0.3 is 0 Å². The predicted octanol–water partition coefficient (Wildman–Crippen LogP) is 4.25. The monoisotopic (exact) mass is 547 g/mol. The first-order valence-electron chi connectivity index (χ1n) is 12.7. The molecule has 0 saturated carbocycles. The van der Waals surface area contributed by atoms with E-state index >= 15 is 0 Å². The minimum atomic E-state index is -3.79. The fourth-order valence-electron chi connectivity index (χ4n) is 3.82. The van der Waals surface area contributed by atoms with Gasteiger partial charge in [-0.2, -0.15) is 8.42 Å². The van der Waals surface area contributed by atoms with Crippen LogP contribution in [0, 0.1) is 18.8 Å². The van der Waals surface area contributed by atoms with Crippen molar-refractivity contribution in [1.82, 2.24) is 9.55 Å². The number of rotatable bonds is 12. The lowest BCUT2D eigenvalue weighted by Gasteiger charge is -2.11. The lowest BCUT2D eigenvalue weighted by Crippen LogP contribution is -2.15. The van der Waals surface area contributed by atoms with Gasteiger partial charge in [-0.3, -0.25) is 4.18 Å². The summed E-state index contributed by atoms with van der Waals surface area (Å²) in [4.78, 5) is 6.89. The second kappa shape index (κ2) is 13.4. The van der Waals surface area contributed by atoms with Crippen LogP contribution in [0.25, 0.3) is 11.0 Å². The van der Waals surface area contributed by atoms with Crippen molar-refractivity contribution in [2.75, 3.05) is 52.0 Å². The number of hydrogen-bond donors (Lipinski definition) is 0. The molecule has 0 bridgehead atoms. The Labute approximate surface area is 230 Å². The first kappa shape index (κ1) is 28.3. The average Bonchev–Trinajstić information content (AvgIpc) is 3.28. The highest BCUT2D eigenvalue weighted by atomic mass is 32.2. The molecule has 3 aromatic carbocycles. The summed E-state index contributed by atoms with van der Waals surface area (Å²) in [5.41, 5.74) is 4.90. The van der Waals surface area contributed by atoms with Crippen LogP contribution in [0.1, 0.15) is 17.0 Å². The maximum Gasteiger partial charge on any atom is 0.297 e. The summed E-state index contributed by atoms with van der Waals surface area (Å²) in [6.07, 6.45) is 0. The van der Waals surface area contributed by atoms with Crippen LogP contribution in [0.5, 0.6) is 0 Å². The van der Waals surface area contributed by atoms with Gasteiger partial charge in [0, 0.05) is 31.9 Å². The first-order valence-corrected chi connectivity index (χ1v) is 14.1. The molecule has 9 heteroatoms. The Bertz CT molecular complexity index is 1530. The zero-order valence-electron chi connectivity index (χ0n) is 22.5. The van der Waals surface area contributed by atoms with Gasteiger partial charge in [0.2, 0.25) is 0 Å². The fraction of sp³-hybridized carbons (Fsp3) is 0.300. The van der Waals surface area contributed by atoms with Crippen molar-refractivity contribution in [3.63, 3.8) is 0 Å². The lowest BCUT2D eigenvalue weighted by atomic mass is 10.2. The molecule has 0 fully saturated rings. The summed E-state index contributed by atoms with van der Waals surface area (Å²) in [5, 5.41) is 0. The van der Waals surface area contributed by atoms with E-state index in [0.29, 0.717) is 32.2 Å². The topological polar surface area (TPSA) is 82.9 Å². The molecule has 0 N–H and O–H groups in total. The number of fused-ring (bicyclic) bond motifs is 1. The van der Waals surface area contributed by atoms with Crippen molar-refractivity contribution < 1.29 is 22.1 Å². The van der Waals surface area contributed by atoms with Crippen LogP contribution in [0.2, 0.25) is 0 Å². The molecule has 0 amide bonds. The summed E-state index contributed by atoms with van der Waals surface area (Å²) < 4.78 is 42.7. The molecule has 8 nitrogen and oxygen atoms in total. The molecule has 0 spiro atoms. The van der Waals surface area contributed by atoms with Gasteiger partial charge in [-0.1, -0.05) is 35.7 Å². The van der Waals surface area contributed by atoms with E-state index < -0.39 is 10.1 Å². The Hall–Kier alpha value is -3.68. The third-order valence-electron chi connectivity index (χ3n) is 5.96. The molecule has 4 rings (SSSR count). The maximum absolute atomic E-state index is 12.2. The second-order valence-electron chi connectivity index (χ2n) is 9.08. The van der Waals surface area contributed by atoms with E-state index in [2.05, 4.69) is 16.4 Å². The normalized spacial score (nSPS) is 11.4. The molecule has 0 saturated heterocycles. The van der Waals surface area contributed by atoms with Crippen molar-refractivity contribution in [2.45, 2.75) is 18.4 Å². The van der Waals surface area contributed by atoms with Crippen LogP contribution >= 0.6 is 0 Å². The van der Waals surface area contributed by atoms with Crippen molar-refractivity contribution in [3.8, 4) is 11.8 Å². The minimum Gasteiger partial charge on any atom is -0.378 e. The molecule has 0 unspecified atom stereocenters. The molecule has 1 aromatic heterocycles. The second-order valence-corrected chi connectivity index (χ2v) is 10.7. The summed E-state index contributed by atoms with van der Waals surface area (Å²) in [5.74, 6) is 7.11. The number of para-hydroxylation sites is 2. The molecule has 0 aliphatic carbocycles. The Morgan fingerprint density at radius 1 is 0.821 bits per heavy atom. The van der Waals surface area contributed by atoms with Crippen LogP contribution in [0.4, 0.5) is 5.69 Å². The number of nitrogens with zero attached hydrogens (tertiary/aromatic N) is 3. The van der Waals surface area contributed by atoms with Gasteiger partial charge in [0.1, 0.15) is 0 Å². The standard InChI is InChI=1S/C30H33N3O5S/c1-24-8-15-27(16-9-24)39(34,35)38-23-22-37-21-20-36-19-18-33-29-7-5-4-6-28(29)31-30(33)17-12-25-10-13-26(14-11-25)32(2)3/h4-11,13-16H,18-23H2,1-3H3. The van der Waals surface area contributed by atoms with E-state index in [1.54, 1.807) is 12.1 Å². The Balaban J connectivity index is 1.23. The summed E-state index contributed by atoms with van der Waals surface area (Å²) in [6, 6.07) is 22.5. The molecule has 0 aliphatic heterocycles. The molecule has 0 radical (unpaired) electrons. The number of hydrogen-bond acceptors (Lipinski definition) is 7. The van der Waals surface area contributed by atoms with Gasteiger partial charge in [-0.25, -0.2) is 4.98 Å². The number of imidazole rings is 1. The van der Waals surface area contributed by atoms with Crippen LogP contribution < -0.4 is 4.90 Å². The van der Waals surface area contributed by atoms with Crippen LogP contribution in [0.15, 0.2) is 77.7 Å². The highest BCUT2D eigenvalue weighted by Gasteiger charge is 2.14. The minimum absolute atomic E-state index is 0.0584. The van der Waals surface area contributed by atoms with Gasteiger partial charge in [0.05, 0.1) is 49.0 Å². The van der Waals surface area contributed by atoms with Crippen molar-refractivity contribution >= 4 is 26.8 Å². The van der Waals surface area contributed by atoms with Gasteiger partial charge in [0.15, 0.2) is 5.82 Å². The SMILES string of the molecule is Cc1ccc(S(=O)(=O)OCCOCCOCCn2c(C#Cc3ccc(N(C)C)cc3)nc3ccccc32)cc1. The van der Waals surface area contributed by atoms with Crippen LogP contribution in [-0.4, -0.2) is 65.1 Å². The Morgan fingerprint density at radius 2 is 1.49 bits per heavy atom. The first-order chi connectivity index (χ1) is 18.8. The van der Waals surface area contributed by atoms with Gasteiger partial charge in [-0.05, 0) is 61.4 Å². The molecule has 4 aromatic rings. The van der Waals surface area contributed by atoms with E-state index in [-0.39, 0.29) is 18.1 Å². The lowest BCUT2D eigenvalue weighted by molar-refractivity contribution is 0.0349. The zero-order valence-corrected chi connectivity index (χ0v) is 23.3. The average molecular weight is 548 g/mol. The largest absolute Gasteiger partial charge is 0.378 e. The van der Waals surface area contributed by atoms with E-state index in [9.17, 15) is 8.42 Å². The summed E-state index contributed by atoms with van der Waals surface area (Å²) >= 11 is 0. The predicted molar refractivity (Wildman–Crippen MR) is 152 cm³/mol. The van der Waals surface area contributed by atoms with E-state index in [0.717, 1.165) is 27.8 Å². The van der Waals surface area contributed by atoms with E-state index in [1.807, 2.05) is 74.4 Å². The summed E-state index contributed by atoms with van der Waals surface area (Å²) in [7, 11) is 0.225. The number of ether oxygens (including phenoxy) is 2. The third kappa shape index (κ3) is 7.91. The zero-order chi connectivity index (χ0) is 27.7. The molecular formula is C30H33N3O5S.